The summed E-state index contributed by atoms with van der Waals surface area (Å²) in [6.07, 6.45) is 11.8. The van der Waals surface area contributed by atoms with Gasteiger partial charge in [-0.05, 0) is 63.0 Å². The number of hydrogen-bond donors (Lipinski definition) is 0. The predicted octanol–water partition coefficient (Wildman–Crippen LogP) is 3.89. The van der Waals surface area contributed by atoms with E-state index in [1.54, 1.807) is 0 Å². The average molecular weight is 351 g/mol. The fourth-order valence-corrected chi connectivity index (χ4v) is 4.70. The summed E-state index contributed by atoms with van der Waals surface area (Å²) in [5, 5.41) is 0. The summed E-state index contributed by atoms with van der Waals surface area (Å²) in [5.41, 5.74) is 2.40. The molecule has 0 aliphatic carbocycles. The maximum Gasteiger partial charge on any atom is 0.0544 e. The van der Waals surface area contributed by atoms with E-state index in [2.05, 4.69) is 44.0 Å². The van der Waals surface area contributed by atoms with Gasteiger partial charge in [0.15, 0.2) is 0 Å². The highest BCUT2D eigenvalue weighted by molar-refractivity contribution is 5.06. The van der Waals surface area contributed by atoms with E-state index >= 15 is 0 Å². The van der Waals surface area contributed by atoms with Gasteiger partial charge < -0.3 is 0 Å². The summed E-state index contributed by atoms with van der Waals surface area (Å²) in [6, 6.07) is 13.9. The first-order valence-electron chi connectivity index (χ1n) is 10.2. The van der Waals surface area contributed by atoms with E-state index in [1.165, 1.54) is 63.0 Å². The van der Waals surface area contributed by atoms with Gasteiger partial charge in [0.2, 0.25) is 0 Å². The number of rotatable bonds is 5. The first kappa shape index (κ1) is 17.6. The zero-order valence-electron chi connectivity index (χ0n) is 15.6. The Balaban J connectivity index is 1.49. The van der Waals surface area contributed by atoms with E-state index in [0.717, 1.165) is 13.1 Å². The largest absolute Gasteiger partial charge is 0.293 e. The standard InChI is InChI=1S/C22H30N4/c1-5-13-23-19(9-1)17-25-15-7-3-11-21(25)22-12-4-8-16-26(22)18-20-10-2-6-14-24-20/h1-2,5-6,9-10,13-14,21-22H,3-4,7-8,11-12,15-18H2/t21-,22-/m0/s1. The number of pyridine rings is 2. The van der Waals surface area contributed by atoms with E-state index in [0.29, 0.717) is 12.1 Å². The Morgan fingerprint density at radius 2 is 1.19 bits per heavy atom. The van der Waals surface area contributed by atoms with Gasteiger partial charge in [0.25, 0.3) is 0 Å². The molecule has 0 unspecified atom stereocenters. The van der Waals surface area contributed by atoms with Crippen LogP contribution in [0, 0.1) is 0 Å². The van der Waals surface area contributed by atoms with Crippen LogP contribution in [0.5, 0.6) is 0 Å². The lowest BCUT2D eigenvalue weighted by Gasteiger charge is -2.46. The van der Waals surface area contributed by atoms with Crippen LogP contribution in [0.25, 0.3) is 0 Å². The van der Waals surface area contributed by atoms with Gasteiger partial charge in [-0.2, -0.15) is 0 Å². The van der Waals surface area contributed by atoms with Crippen LogP contribution in [0.3, 0.4) is 0 Å². The summed E-state index contributed by atoms with van der Waals surface area (Å²) < 4.78 is 0. The van der Waals surface area contributed by atoms with E-state index in [9.17, 15) is 0 Å². The molecule has 0 N–H and O–H groups in total. The molecule has 4 rings (SSSR count). The summed E-state index contributed by atoms with van der Waals surface area (Å²) in [5.74, 6) is 0. The Labute approximate surface area is 157 Å². The lowest BCUT2D eigenvalue weighted by Crippen LogP contribution is -2.54. The van der Waals surface area contributed by atoms with Crippen LogP contribution in [0.4, 0.5) is 0 Å². The zero-order chi connectivity index (χ0) is 17.6. The summed E-state index contributed by atoms with van der Waals surface area (Å²) in [7, 11) is 0. The predicted molar refractivity (Wildman–Crippen MR) is 105 cm³/mol. The van der Waals surface area contributed by atoms with Crippen molar-refractivity contribution in [2.24, 2.45) is 0 Å². The first-order chi connectivity index (χ1) is 12.9. The molecular weight excluding hydrogens is 320 g/mol. The van der Waals surface area contributed by atoms with Gasteiger partial charge in [0.1, 0.15) is 0 Å². The van der Waals surface area contributed by atoms with Crippen LogP contribution < -0.4 is 0 Å². The number of likely N-dealkylation sites (tertiary alicyclic amines) is 2. The van der Waals surface area contributed by atoms with Gasteiger partial charge in [-0.25, -0.2) is 0 Å². The van der Waals surface area contributed by atoms with Crippen LogP contribution in [-0.4, -0.2) is 44.9 Å². The third-order valence-electron chi connectivity index (χ3n) is 5.96. The number of piperidine rings is 2. The molecule has 0 bridgehead atoms. The van der Waals surface area contributed by atoms with E-state index in [-0.39, 0.29) is 0 Å². The second kappa shape index (κ2) is 8.74. The maximum absolute atomic E-state index is 4.57. The number of hydrogen-bond acceptors (Lipinski definition) is 4. The molecule has 2 aromatic heterocycles. The molecule has 2 atom stereocenters. The van der Waals surface area contributed by atoms with Crippen molar-refractivity contribution in [1.82, 2.24) is 19.8 Å². The van der Waals surface area contributed by atoms with Gasteiger partial charge in [0, 0.05) is 37.6 Å². The highest BCUT2D eigenvalue weighted by Gasteiger charge is 2.35. The average Bonchev–Trinajstić information content (AvgIpc) is 2.71. The van der Waals surface area contributed by atoms with Gasteiger partial charge >= 0.3 is 0 Å². The van der Waals surface area contributed by atoms with Crippen LogP contribution in [0.2, 0.25) is 0 Å². The first-order valence-corrected chi connectivity index (χ1v) is 10.2. The minimum atomic E-state index is 0.648. The minimum Gasteiger partial charge on any atom is -0.293 e. The SMILES string of the molecule is c1ccc(CN2CCCC[C@H]2[C@@H]2CCCCN2Cc2ccccn2)nc1. The highest BCUT2D eigenvalue weighted by Crippen LogP contribution is 2.30. The Hall–Kier alpha value is -1.78. The van der Waals surface area contributed by atoms with E-state index in [4.69, 9.17) is 0 Å². The van der Waals surface area contributed by atoms with Gasteiger partial charge in [0.05, 0.1) is 11.4 Å². The van der Waals surface area contributed by atoms with Gasteiger partial charge in [-0.1, -0.05) is 25.0 Å². The van der Waals surface area contributed by atoms with Crippen LogP contribution in [0.1, 0.15) is 49.9 Å². The van der Waals surface area contributed by atoms with Crippen LogP contribution >= 0.6 is 0 Å². The summed E-state index contributed by atoms with van der Waals surface area (Å²) in [4.78, 5) is 14.6. The van der Waals surface area contributed by atoms with Crippen LogP contribution in [-0.2, 0) is 13.1 Å². The van der Waals surface area contributed by atoms with E-state index in [1.807, 2.05) is 24.5 Å². The van der Waals surface area contributed by atoms with Crippen molar-refractivity contribution in [2.75, 3.05) is 13.1 Å². The van der Waals surface area contributed by atoms with E-state index < -0.39 is 0 Å². The zero-order valence-corrected chi connectivity index (χ0v) is 15.6. The molecule has 0 saturated carbocycles. The van der Waals surface area contributed by atoms with Gasteiger partial charge in [-0.3, -0.25) is 19.8 Å². The Morgan fingerprint density at radius 1 is 0.692 bits per heavy atom. The summed E-state index contributed by atoms with van der Waals surface area (Å²) in [6.45, 7) is 4.38. The maximum atomic E-state index is 4.57. The molecule has 4 nitrogen and oxygen atoms in total. The molecule has 0 aromatic carbocycles. The lowest BCUT2D eigenvalue weighted by molar-refractivity contribution is 0.0212. The van der Waals surface area contributed by atoms with Crippen LogP contribution in [0.15, 0.2) is 48.8 Å². The van der Waals surface area contributed by atoms with Crippen molar-refractivity contribution < 1.29 is 0 Å². The second-order valence-corrected chi connectivity index (χ2v) is 7.71. The molecule has 2 fully saturated rings. The van der Waals surface area contributed by atoms with Crippen molar-refractivity contribution in [2.45, 2.75) is 63.7 Å². The molecule has 2 aliphatic heterocycles. The van der Waals surface area contributed by atoms with Crippen molar-refractivity contribution in [3.63, 3.8) is 0 Å². The molecule has 2 aromatic rings. The number of aromatic nitrogens is 2. The topological polar surface area (TPSA) is 32.3 Å². The van der Waals surface area contributed by atoms with Crippen molar-refractivity contribution in [3.8, 4) is 0 Å². The molecule has 2 aliphatic rings. The second-order valence-electron chi connectivity index (χ2n) is 7.71. The normalized spacial score (nSPS) is 25.2. The molecule has 0 spiro atoms. The molecular formula is C22H30N4. The Morgan fingerprint density at radius 3 is 1.62 bits per heavy atom. The smallest absolute Gasteiger partial charge is 0.0544 e. The molecule has 4 heteroatoms. The highest BCUT2D eigenvalue weighted by atomic mass is 15.3. The molecule has 4 heterocycles. The monoisotopic (exact) mass is 350 g/mol. The summed E-state index contributed by atoms with van der Waals surface area (Å²) >= 11 is 0. The molecule has 0 radical (unpaired) electrons. The lowest BCUT2D eigenvalue weighted by atomic mass is 9.88. The quantitative estimate of drug-likeness (QED) is 0.819. The molecule has 26 heavy (non-hydrogen) atoms. The van der Waals surface area contributed by atoms with Crippen molar-refractivity contribution in [1.29, 1.82) is 0 Å². The fourth-order valence-electron chi connectivity index (χ4n) is 4.70. The minimum absolute atomic E-state index is 0.648. The molecule has 138 valence electrons. The molecule has 2 saturated heterocycles. The third-order valence-corrected chi connectivity index (χ3v) is 5.96. The fraction of sp³-hybridized carbons (Fsp3) is 0.545. The van der Waals surface area contributed by atoms with Crippen molar-refractivity contribution >= 4 is 0 Å². The molecule has 0 amide bonds. The Bertz CT molecular complexity index is 601. The third kappa shape index (κ3) is 4.30. The Kier molecular flexibility index (Phi) is 5.92. The van der Waals surface area contributed by atoms with Crippen molar-refractivity contribution in [3.05, 3.63) is 60.2 Å². The van der Waals surface area contributed by atoms with Gasteiger partial charge in [-0.15, -0.1) is 0 Å². The number of nitrogens with zero attached hydrogens (tertiary/aromatic N) is 4.